The fourth-order valence-corrected chi connectivity index (χ4v) is 3.16. The zero-order chi connectivity index (χ0) is 13.2. The average molecular weight is 246 g/mol. The van der Waals surface area contributed by atoms with E-state index in [9.17, 15) is 0 Å². The molecule has 1 aliphatic rings. The number of nitrogens with one attached hydrogen (secondary N) is 1. The third-order valence-electron chi connectivity index (χ3n) is 4.27. The molecule has 1 N–H and O–H groups in total. The summed E-state index contributed by atoms with van der Waals surface area (Å²) >= 11 is 0. The van der Waals surface area contributed by atoms with Crippen molar-refractivity contribution in [3.05, 3.63) is 29.6 Å². The van der Waals surface area contributed by atoms with Gasteiger partial charge < -0.3 is 5.32 Å². The zero-order valence-corrected chi connectivity index (χ0v) is 12.2. The molecule has 2 atom stereocenters. The predicted molar refractivity (Wildman–Crippen MR) is 76.8 cm³/mol. The Hall–Kier alpha value is -0.890. The molecule has 0 aromatic carbocycles. The van der Waals surface area contributed by atoms with Gasteiger partial charge in [-0.2, -0.15) is 0 Å². The van der Waals surface area contributed by atoms with Crippen LogP contribution in [0.15, 0.2) is 18.3 Å². The van der Waals surface area contributed by atoms with Crippen LogP contribution >= 0.6 is 0 Å². The van der Waals surface area contributed by atoms with Crippen LogP contribution in [0.5, 0.6) is 0 Å². The van der Waals surface area contributed by atoms with E-state index in [0.29, 0.717) is 17.4 Å². The summed E-state index contributed by atoms with van der Waals surface area (Å²) in [6, 6.07) is 4.89. The van der Waals surface area contributed by atoms with Crippen LogP contribution in [0.25, 0.3) is 0 Å². The molecule has 18 heavy (non-hydrogen) atoms. The first kappa shape index (κ1) is 13.5. The highest BCUT2D eigenvalue weighted by Crippen LogP contribution is 2.36. The Kier molecular flexibility index (Phi) is 4.06. The molecule has 1 aliphatic carbocycles. The van der Waals surface area contributed by atoms with Crippen molar-refractivity contribution >= 4 is 0 Å². The Bertz CT molecular complexity index is 392. The smallest absolute Gasteiger partial charge is 0.0466 e. The van der Waals surface area contributed by atoms with E-state index in [4.69, 9.17) is 0 Å². The maximum Gasteiger partial charge on any atom is 0.0466 e. The van der Waals surface area contributed by atoms with E-state index in [1.54, 1.807) is 0 Å². The second-order valence-corrected chi connectivity index (χ2v) is 6.57. The van der Waals surface area contributed by atoms with Crippen LogP contribution in [-0.2, 0) is 6.42 Å². The molecule has 0 amide bonds. The first-order chi connectivity index (χ1) is 8.52. The SMILES string of the molecule is CNC(CCC1CCc2cccnc21)C(C)(C)C. The lowest BCUT2D eigenvalue weighted by Gasteiger charge is -2.31. The van der Waals surface area contributed by atoms with Crippen LogP contribution in [0.3, 0.4) is 0 Å². The quantitative estimate of drug-likeness (QED) is 0.879. The van der Waals surface area contributed by atoms with E-state index in [-0.39, 0.29) is 0 Å². The highest BCUT2D eigenvalue weighted by Gasteiger charge is 2.27. The molecular formula is C16H26N2. The van der Waals surface area contributed by atoms with Gasteiger partial charge in [0.1, 0.15) is 0 Å². The topological polar surface area (TPSA) is 24.9 Å². The zero-order valence-electron chi connectivity index (χ0n) is 12.2. The molecule has 0 bridgehead atoms. The van der Waals surface area contributed by atoms with Gasteiger partial charge in [-0.05, 0) is 49.8 Å². The van der Waals surface area contributed by atoms with Crippen LogP contribution in [0.2, 0.25) is 0 Å². The molecule has 0 fully saturated rings. The van der Waals surface area contributed by atoms with Crippen molar-refractivity contribution < 1.29 is 0 Å². The monoisotopic (exact) mass is 246 g/mol. The Morgan fingerprint density at radius 1 is 1.44 bits per heavy atom. The van der Waals surface area contributed by atoms with E-state index < -0.39 is 0 Å². The third-order valence-corrected chi connectivity index (χ3v) is 4.27. The van der Waals surface area contributed by atoms with Gasteiger partial charge in [0.25, 0.3) is 0 Å². The van der Waals surface area contributed by atoms with Gasteiger partial charge in [0.2, 0.25) is 0 Å². The van der Waals surface area contributed by atoms with E-state index in [1.807, 2.05) is 6.20 Å². The van der Waals surface area contributed by atoms with Gasteiger partial charge in [0.05, 0.1) is 0 Å². The summed E-state index contributed by atoms with van der Waals surface area (Å²) in [7, 11) is 2.08. The van der Waals surface area contributed by atoms with Crippen molar-refractivity contribution in [3.8, 4) is 0 Å². The standard InChI is InChI=1S/C16H26N2/c1-16(2,3)14(17-4)10-9-13-8-7-12-6-5-11-18-15(12)13/h5-6,11,13-14,17H,7-10H2,1-4H3. The molecule has 2 nitrogen and oxygen atoms in total. The van der Waals surface area contributed by atoms with Gasteiger partial charge in [-0.25, -0.2) is 0 Å². The van der Waals surface area contributed by atoms with Crippen LogP contribution in [0.1, 0.15) is 57.2 Å². The molecule has 0 aliphatic heterocycles. The van der Waals surface area contributed by atoms with Crippen LogP contribution in [0.4, 0.5) is 0 Å². The number of hydrogen-bond donors (Lipinski definition) is 1. The van der Waals surface area contributed by atoms with Crippen LogP contribution in [-0.4, -0.2) is 18.1 Å². The molecule has 0 radical (unpaired) electrons. The summed E-state index contributed by atoms with van der Waals surface area (Å²) in [4.78, 5) is 4.59. The van der Waals surface area contributed by atoms with Crippen molar-refractivity contribution in [2.45, 2.75) is 58.4 Å². The average Bonchev–Trinajstić information content (AvgIpc) is 2.72. The molecule has 1 heterocycles. The minimum absolute atomic E-state index is 0.334. The van der Waals surface area contributed by atoms with Crippen molar-refractivity contribution in [1.29, 1.82) is 0 Å². The summed E-state index contributed by atoms with van der Waals surface area (Å²) in [5.41, 5.74) is 3.17. The highest BCUT2D eigenvalue weighted by atomic mass is 14.9. The number of hydrogen-bond acceptors (Lipinski definition) is 2. The van der Waals surface area contributed by atoms with Crippen molar-refractivity contribution in [2.24, 2.45) is 5.41 Å². The van der Waals surface area contributed by atoms with Gasteiger partial charge in [-0.3, -0.25) is 4.98 Å². The minimum atomic E-state index is 0.334. The molecular weight excluding hydrogens is 220 g/mol. The Morgan fingerprint density at radius 2 is 2.22 bits per heavy atom. The van der Waals surface area contributed by atoms with Gasteiger partial charge in [0.15, 0.2) is 0 Å². The van der Waals surface area contributed by atoms with Crippen molar-refractivity contribution in [3.63, 3.8) is 0 Å². The number of pyridine rings is 1. The largest absolute Gasteiger partial charge is 0.316 e. The van der Waals surface area contributed by atoms with Gasteiger partial charge in [-0.15, -0.1) is 0 Å². The van der Waals surface area contributed by atoms with E-state index in [0.717, 1.165) is 0 Å². The second-order valence-electron chi connectivity index (χ2n) is 6.57. The predicted octanol–water partition coefficient (Wildman–Crippen LogP) is 3.53. The first-order valence-corrected chi connectivity index (χ1v) is 7.13. The molecule has 1 aromatic rings. The van der Waals surface area contributed by atoms with Crippen molar-refractivity contribution in [2.75, 3.05) is 7.05 Å². The summed E-state index contributed by atoms with van der Waals surface area (Å²) in [6.07, 6.45) is 6.93. The van der Waals surface area contributed by atoms with Crippen LogP contribution in [0, 0.1) is 5.41 Å². The molecule has 0 saturated heterocycles. The van der Waals surface area contributed by atoms with Crippen LogP contribution < -0.4 is 5.32 Å². The van der Waals surface area contributed by atoms with Gasteiger partial charge in [0, 0.05) is 23.9 Å². The Labute approximate surface area is 111 Å². The van der Waals surface area contributed by atoms with E-state index in [2.05, 4.69) is 50.3 Å². The first-order valence-electron chi connectivity index (χ1n) is 7.13. The Balaban J connectivity index is 1.96. The van der Waals surface area contributed by atoms with Gasteiger partial charge in [-0.1, -0.05) is 26.8 Å². The maximum absolute atomic E-state index is 4.59. The van der Waals surface area contributed by atoms with Gasteiger partial charge >= 0.3 is 0 Å². The lowest BCUT2D eigenvalue weighted by Crippen LogP contribution is -2.38. The molecule has 100 valence electrons. The summed E-state index contributed by atoms with van der Waals surface area (Å²) < 4.78 is 0. The second kappa shape index (κ2) is 5.40. The molecule has 1 aromatic heterocycles. The minimum Gasteiger partial charge on any atom is -0.316 e. The van der Waals surface area contributed by atoms with Crippen molar-refractivity contribution in [1.82, 2.24) is 10.3 Å². The molecule has 0 spiro atoms. The molecule has 2 rings (SSSR count). The third kappa shape index (κ3) is 2.92. The highest BCUT2D eigenvalue weighted by molar-refractivity contribution is 5.28. The fraction of sp³-hybridized carbons (Fsp3) is 0.688. The molecule has 2 unspecified atom stereocenters. The number of rotatable bonds is 4. The lowest BCUT2D eigenvalue weighted by molar-refractivity contribution is 0.258. The number of aromatic nitrogens is 1. The summed E-state index contributed by atoms with van der Waals surface area (Å²) in [5.74, 6) is 0.680. The summed E-state index contributed by atoms with van der Waals surface area (Å²) in [6.45, 7) is 6.94. The number of fused-ring (bicyclic) bond motifs is 1. The number of nitrogens with zero attached hydrogens (tertiary/aromatic N) is 1. The maximum atomic E-state index is 4.59. The number of aryl methyl sites for hydroxylation is 1. The van der Waals surface area contributed by atoms with E-state index in [1.165, 1.54) is 36.9 Å². The summed E-state index contributed by atoms with van der Waals surface area (Å²) in [5, 5.41) is 3.47. The van der Waals surface area contributed by atoms with E-state index >= 15 is 0 Å². The molecule has 0 saturated carbocycles. The Morgan fingerprint density at radius 3 is 2.89 bits per heavy atom. The lowest BCUT2D eigenvalue weighted by atomic mass is 9.82. The molecule has 2 heteroatoms. The fourth-order valence-electron chi connectivity index (χ4n) is 3.16. The normalized spacial score (nSPS) is 20.8.